The lowest BCUT2D eigenvalue weighted by Gasteiger charge is -2.37. The van der Waals surface area contributed by atoms with Crippen molar-refractivity contribution in [3.63, 3.8) is 0 Å². The Morgan fingerprint density at radius 1 is 1.03 bits per heavy atom. The number of nitrogens with zero attached hydrogens (tertiary/aromatic N) is 4. The zero-order chi connectivity index (χ0) is 25.5. The normalized spacial score (nSPS) is 25.7. The summed E-state index contributed by atoms with van der Waals surface area (Å²) in [5.74, 6) is 0.144. The molecule has 1 aromatic carbocycles. The Bertz CT molecular complexity index is 1320. The third kappa shape index (κ3) is 4.20. The Kier molecular flexibility index (Phi) is 6.42. The Morgan fingerprint density at radius 3 is 2.46 bits per heavy atom. The molecule has 3 aromatic rings. The van der Waals surface area contributed by atoms with Crippen LogP contribution in [0.2, 0.25) is 0 Å². The quantitative estimate of drug-likeness (QED) is 0.585. The molecule has 0 aliphatic carbocycles. The molecule has 0 saturated carbocycles. The SMILES string of the molecule is CN1[C@@H]2c3ccc(-c4ccncc4)c(=O)n3C[C@H]1[C@H](CO)[C@H]2C(=O)N1CCC(Cc2ccccc2)CC1. The number of hydrogen-bond donors (Lipinski definition) is 1. The molecule has 1 N–H and O–H groups in total. The Balaban J connectivity index is 1.25. The topological polar surface area (TPSA) is 78.7 Å². The summed E-state index contributed by atoms with van der Waals surface area (Å²) in [6, 6.07) is 17.9. The molecule has 4 atom stereocenters. The molecule has 3 aliphatic heterocycles. The van der Waals surface area contributed by atoms with Crippen molar-refractivity contribution in [2.45, 2.75) is 37.9 Å². The summed E-state index contributed by atoms with van der Waals surface area (Å²) >= 11 is 0. The number of likely N-dealkylation sites (N-methyl/N-ethyl adjacent to an activating group) is 1. The van der Waals surface area contributed by atoms with Gasteiger partial charge in [-0.15, -0.1) is 0 Å². The van der Waals surface area contributed by atoms with Crippen molar-refractivity contribution < 1.29 is 9.90 Å². The maximum atomic E-state index is 14.0. The van der Waals surface area contributed by atoms with E-state index in [2.05, 4.69) is 34.1 Å². The third-order valence-corrected chi connectivity index (χ3v) is 8.92. The third-order valence-electron chi connectivity index (χ3n) is 8.92. The van der Waals surface area contributed by atoms with Gasteiger partial charge in [0.25, 0.3) is 5.56 Å². The van der Waals surface area contributed by atoms with Gasteiger partial charge in [-0.25, -0.2) is 0 Å². The summed E-state index contributed by atoms with van der Waals surface area (Å²) in [6.07, 6.45) is 6.42. The molecule has 5 heterocycles. The van der Waals surface area contributed by atoms with Crippen LogP contribution in [0.25, 0.3) is 11.1 Å². The van der Waals surface area contributed by atoms with Gasteiger partial charge in [0.1, 0.15) is 0 Å². The minimum atomic E-state index is -0.356. The Hall–Kier alpha value is -3.29. The van der Waals surface area contributed by atoms with Gasteiger partial charge in [-0.2, -0.15) is 0 Å². The second-order valence-electron chi connectivity index (χ2n) is 10.8. The maximum absolute atomic E-state index is 14.0. The van der Waals surface area contributed by atoms with Gasteiger partial charge in [-0.1, -0.05) is 30.3 Å². The highest BCUT2D eigenvalue weighted by Crippen LogP contribution is 2.48. The van der Waals surface area contributed by atoms with Crippen molar-refractivity contribution in [2.75, 3.05) is 26.7 Å². The summed E-state index contributed by atoms with van der Waals surface area (Å²) < 4.78 is 1.84. The monoisotopic (exact) mass is 498 g/mol. The molecular weight excluding hydrogens is 464 g/mol. The lowest BCUT2D eigenvalue weighted by atomic mass is 9.84. The van der Waals surface area contributed by atoms with Crippen molar-refractivity contribution >= 4 is 5.91 Å². The van der Waals surface area contributed by atoms with Gasteiger partial charge in [0.2, 0.25) is 5.91 Å². The first-order valence-electron chi connectivity index (χ1n) is 13.4. The molecule has 2 bridgehead atoms. The van der Waals surface area contributed by atoms with E-state index in [0.29, 0.717) is 18.0 Å². The van der Waals surface area contributed by atoms with Crippen molar-refractivity contribution in [1.82, 2.24) is 19.4 Å². The number of rotatable bonds is 5. The molecule has 0 unspecified atom stereocenters. The van der Waals surface area contributed by atoms with E-state index in [9.17, 15) is 14.7 Å². The van der Waals surface area contributed by atoms with Crippen LogP contribution in [0.5, 0.6) is 0 Å². The number of carbonyl (C=O) groups is 1. The largest absolute Gasteiger partial charge is 0.396 e. The minimum absolute atomic E-state index is 0.0432. The second-order valence-corrected chi connectivity index (χ2v) is 10.8. The van der Waals surface area contributed by atoms with Gasteiger partial charge in [0, 0.05) is 61.9 Å². The van der Waals surface area contributed by atoms with E-state index in [4.69, 9.17) is 0 Å². The van der Waals surface area contributed by atoms with Crippen LogP contribution in [0.15, 0.2) is 71.8 Å². The number of benzene rings is 1. The van der Waals surface area contributed by atoms with E-state index in [1.165, 1.54) is 5.56 Å². The zero-order valence-corrected chi connectivity index (χ0v) is 21.2. The molecule has 2 aromatic heterocycles. The zero-order valence-electron chi connectivity index (χ0n) is 21.2. The van der Waals surface area contributed by atoms with Crippen molar-refractivity contribution in [3.05, 3.63) is 88.6 Å². The van der Waals surface area contributed by atoms with Crippen LogP contribution < -0.4 is 5.56 Å². The number of aliphatic hydroxyl groups excluding tert-OH is 1. The number of piperidine rings is 1. The van der Waals surface area contributed by atoms with Gasteiger partial charge < -0.3 is 14.6 Å². The predicted octanol–water partition coefficient (Wildman–Crippen LogP) is 2.99. The number of aromatic nitrogens is 2. The van der Waals surface area contributed by atoms with Gasteiger partial charge in [-0.3, -0.25) is 19.5 Å². The van der Waals surface area contributed by atoms with Crippen LogP contribution in [-0.4, -0.2) is 63.2 Å². The first-order chi connectivity index (χ1) is 18.1. The smallest absolute Gasteiger partial charge is 0.258 e. The van der Waals surface area contributed by atoms with Crippen LogP contribution in [0.4, 0.5) is 0 Å². The molecule has 7 nitrogen and oxygen atoms in total. The number of aliphatic hydroxyl groups is 1. The average molecular weight is 499 g/mol. The first-order valence-corrected chi connectivity index (χ1v) is 13.4. The van der Waals surface area contributed by atoms with E-state index in [1.54, 1.807) is 12.4 Å². The van der Waals surface area contributed by atoms with Crippen LogP contribution in [0, 0.1) is 17.8 Å². The molecule has 0 spiro atoms. The summed E-state index contributed by atoms with van der Waals surface area (Å²) in [7, 11) is 2.03. The highest BCUT2D eigenvalue weighted by atomic mass is 16.3. The fourth-order valence-electron chi connectivity index (χ4n) is 6.94. The van der Waals surface area contributed by atoms with Crippen LogP contribution >= 0.6 is 0 Å². The maximum Gasteiger partial charge on any atom is 0.258 e. The van der Waals surface area contributed by atoms with E-state index >= 15 is 0 Å². The molecule has 0 radical (unpaired) electrons. The predicted molar refractivity (Wildman–Crippen MR) is 142 cm³/mol. The number of likely N-dealkylation sites (tertiary alicyclic amines) is 1. The number of amides is 1. The summed E-state index contributed by atoms with van der Waals surface area (Å²) in [5.41, 5.74) is 3.66. The van der Waals surface area contributed by atoms with E-state index in [1.807, 2.05) is 46.8 Å². The lowest BCUT2D eigenvalue weighted by molar-refractivity contribution is -0.139. The van der Waals surface area contributed by atoms with Crippen LogP contribution in [0.3, 0.4) is 0 Å². The molecule has 2 fully saturated rings. The van der Waals surface area contributed by atoms with Crippen LogP contribution in [0.1, 0.15) is 30.1 Å². The van der Waals surface area contributed by atoms with Crippen molar-refractivity contribution in [2.24, 2.45) is 17.8 Å². The van der Waals surface area contributed by atoms with Gasteiger partial charge in [0.05, 0.1) is 12.0 Å². The summed E-state index contributed by atoms with van der Waals surface area (Å²) in [4.78, 5) is 35.9. The lowest BCUT2D eigenvalue weighted by Crippen LogP contribution is -2.45. The van der Waals surface area contributed by atoms with Crippen LogP contribution in [-0.2, 0) is 17.8 Å². The number of fused-ring (bicyclic) bond motifs is 4. The fraction of sp³-hybridized carbons (Fsp3) is 0.433. The standard InChI is InChI=1S/C30H34N4O3/c1-32-26-18-34-25(8-7-23(29(34)36)22-9-13-31-14-10-22)28(32)27(24(26)19-35)30(37)33-15-11-21(12-16-33)17-20-5-3-2-4-6-20/h2-10,13-14,21,24,26-28,35H,11-12,15-19H2,1H3/t24-,26-,27+,28+/m0/s1. The number of hydrogen-bond acceptors (Lipinski definition) is 5. The number of pyridine rings is 2. The fourth-order valence-corrected chi connectivity index (χ4v) is 6.94. The molecular formula is C30H34N4O3. The number of carbonyl (C=O) groups excluding carboxylic acids is 1. The second kappa shape index (κ2) is 9.88. The molecule has 1 amide bonds. The highest BCUT2D eigenvalue weighted by Gasteiger charge is 2.55. The minimum Gasteiger partial charge on any atom is -0.396 e. The summed E-state index contributed by atoms with van der Waals surface area (Å²) in [6.45, 7) is 1.92. The molecule has 7 heteroatoms. The molecule has 3 aliphatic rings. The van der Waals surface area contributed by atoms with Crippen molar-refractivity contribution in [3.8, 4) is 11.1 Å². The van der Waals surface area contributed by atoms with E-state index < -0.39 is 0 Å². The van der Waals surface area contributed by atoms with Gasteiger partial charge in [-0.05, 0) is 67.6 Å². The van der Waals surface area contributed by atoms with E-state index in [-0.39, 0.29) is 42.0 Å². The van der Waals surface area contributed by atoms with Gasteiger partial charge >= 0.3 is 0 Å². The Labute approximate surface area is 217 Å². The summed E-state index contributed by atoms with van der Waals surface area (Å²) in [5, 5.41) is 10.4. The van der Waals surface area contributed by atoms with Gasteiger partial charge in [0.15, 0.2) is 0 Å². The molecule has 192 valence electrons. The molecule has 37 heavy (non-hydrogen) atoms. The highest BCUT2D eigenvalue weighted by molar-refractivity contribution is 5.81. The first kappa shape index (κ1) is 24.1. The van der Waals surface area contributed by atoms with E-state index in [0.717, 1.165) is 43.6 Å². The average Bonchev–Trinajstić information content (AvgIpc) is 3.11. The Morgan fingerprint density at radius 2 is 1.76 bits per heavy atom. The molecule has 6 rings (SSSR count). The molecule has 2 saturated heterocycles. The van der Waals surface area contributed by atoms with Crippen molar-refractivity contribution in [1.29, 1.82) is 0 Å².